The summed E-state index contributed by atoms with van der Waals surface area (Å²) in [5.74, 6) is 0. The molecule has 118 valence electrons. The molecule has 0 saturated carbocycles. The Kier molecular flexibility index (Phi) is 33.5. The SMILES string of the molecule is CCCCCCCCCCCCCCCCCC.[Br-].[Na+]. The Morgan fingerprint density at radius 1 is 0.350 bits per heavy atom. The molecule has 20 heavy (non-hydrogen) atoms. The molecule has 0 N–H and O–H groups in total. The second kappa shape index (κ2) is 25.4. The smallest absolute Gasteiger partial charge is 1.00 e. The number of unbranched alkanes of at least 4 members (excludes halogenated alkanes) is 15. The number of rotatable bonds is 15. The molecule has 0 aromatic rings. The van der Waals surface area contributed by atoms with E-state index in [0.29, 0.717) is 0 Å². The molecule has 0 aliphatic heterocycles. The Morgan fingerprint density at radius 3 is 0.650 bits per heavy atom. The van der Waals surface area contributed by atoms with E-state index >= 15 is 0 Å². The summed E-state index contributed by atoms with van der Waals surface area (Å²) < 4.78 is 0. The van der Waals surface area contributed by atoms with E-state index in [4.69, 9.17) is 0 Å². The maximum Gasteiger partial charge on any atom is 1.00 e. The van der Waals surface area contributed by atoms with Crippen molar-refractivity contribution in [3.05, 3.63) is 0 Å². The first kappa shape index (κ1) is 26.4. The standard InChI is InChI=1S/C18H38.BrH.Na/c1-3-5-7-9-11-13-15-17-18-16-14-12-10-8-6-4-2;;/h3-18H2,1-2H3;1H;/q;;+1/p-1. The van der Waals surface area contributed by atoms with Crippen LogP contribution in [-0.2, 0) is 0 Å². The summed E-state index contributed by atoms with van der Waals surface area (Å²) in [4.78, 5) is 0. The molecule has 0 amide bonds. The summed E-state index contributed by atoms with van der Waals surface area (Å²) in [5.41, 5.74) is 0. The number of hydrogen-bond donors (Lipinski definition) is 0. The van der Waals surface area contributed by atoms with Gasteiger partial charge in [0.15, 0.2) is 0 Å². The van der Waals surface area contributed by atoms with Crippen LogP contribution >= 0.6 is 0 Å². The number of hydrogen-bond acceptors (Lipinski definition) is 0. The quantitative estimate of drug-likeness (QED) is 0.306. The topological polar surface area (TPSA) is 0 Å². The van der Waals surface area contributed by atoms with E-state index in [1.54, 1.807) is 0 Å². The Balaban J connectivity index is -0.00000144. The summed E-state index contributed by atoms with van der Waals surface area (Å²) in [6, 6.07) is 0. The van der Waals surface area contributed by atoms with Crippen molar-refractivity contribution in [2.75, 3.05) is 0 Å². The molecule has 0 unspecified atom stereocenters. The van der Waals surface area contributed by atoms with E-state index < -0.39 is 0 Å². The Hall–Kier alpha value is 1.48. The maximum atomic E-state index is 2.29. The van der Waals surface area contributed by atoms with Crippen molar-refractivity contribution in [2.45, 2.75) is 117 Å². The third-order valence-corrected chi connectivity index (χ3v) is 3.96. The van der Waals surface area contributed by atoms with Crippen molar-refractivity contribution in [1.29, 1.82) is 0 Å². The summed E-state index contributed by atoms with van der Waals surface area (Å²) in [5, 5.41) is 0. The maximum absolute atomic E-state index is 2.29. The molecule has 0 spiro atoms. The molecule has 0 nitrogen and oxygen atoms in total. The molecule has 0 fully saturated rings. The van der Waals surface area contributed by atoms with E-state index in [2.05, 4.69) is 13.8 Å². The van der Waals surface area contributed by atoms with Crippen LogP contribution in [0.15, 0.2) is 0 Å². The second-order valence-corrected chi connectivity index (χ2v) is 5.95. The zero-order chi connectivity index (χ0) is 13.3. The number of halogens is 1. The van der Waals surface area contributed by atoms with Gasteiger partial charge in [-0.15, -0.1) is 0 Å². The predicted molar refractivity (Wildman–Crippen MR) is 85.2 cm³/mol. The molecule has 0 aliphatic carbocycles. The first-order valence-corrected chi connectivity index (χ1v) is 8.91. The van der Waals surface area contributed by atoms with Crippen molar-refractivity contribution in [2.24, 2.45) is 0 Å². The van der Waals surface area contributed by atoms with Crippen molar-refractivity contribution in [3.8, 4) is 0 Å². The Bertz CT molecular complexity index is 123. The molecule has 0 heterocycles. The van der Waals surface area contributed by atoms with Crippen molar-refractivity contribution in [1.82, 2.24) is 0 Å². The fraction of sp³-hybridized carbons (Fsp3) is 1.00. The predicted octanol–water partition coefficient (Wildman–Crippen LogP) is 1.28. The van der Waals surface area contributed by atoms with Crippen LogP contribution in [-0.4, -0.2) is 0 Å². The molecule has 0 aliphatic rings. The largest absolute Gasteiger partial charge is 1.00 e. The minimum absolute atomic E-state index is 0. The van der Waals surface area contributed by atoms with E-state index in [-0.39, 0.29) is 46.5 Å². The summed E-state index contributed by atoms with van der Waals surface area (Å²) in [7, 11) is 0. The van der Waals surface area contributed by atoms with E-state index in [9.17, 15) is 0 Å². The second-order valence-electron chi connectivity index (χ2n) is 5.95. The zero-order valence-corrected chi connectivity index (χ0v) is 18.3. The molecular weight excluding hydrogens is 319 g/mol. The Morgan fingerprint density at radius 2 is 0.500 bits per heavy atom. The fourth-order valence-electron chi connectivity index (χ4n) is 2.62. The van der Waals surface area contributed by atoms with Gasteiger partial charge in [0.25, 0.3) is 0 Å². The van der Waals surface area contributed by atoms with Gasteiger partial charge in [-0.25, -0.2) is 0 Å². The van der Waals surface area contributed by atoms with Crippen LogP contribution in [0.1, 0.15) is 117 Å². The van der Waals surface area contributed by atoms with Gasteiger partial charge < -0.3 is 17.0 Å². The van der Waals surface area contributed by atoms with Crippen LogP contribution in [0, 0.1) is 0 Å². The van der Waals surface area contributed by atoms with Crippen LogP contribution in [0.25, 0.3) is 0 Å². The van der Waals surface area contributed by atoms with Crippen LogP contribution < -0.4 is 46.5 Å². The summed E-state index contributed by atoms with van der Waals surface area (Å²) >= 11 is 0. The van der Waals surface area contributed by atoms with Gasteiger partial charge in [0, 0.05) is 0 Å². The van der Waals surface area contributed by atoms with Gasteiger partial charge >= 0.3 is 29.6 Å². The van der Waals surface area contributed by atoms with Crippen LogP contribution in [0.5, 0.6) is 0 Å². The van der Waals surface area contributed by atoms with Gasteiger partial charge in [-0.1, -0.05) is 117 Å². The van der Waals surface area contributed by atoms with Gasteiger partial charge in [-0.05, 0) is 0 Å². The molecular formula is C18H38BrNa. The average molecular weight is 357 g/mol. The average Bonchev–Trinajstić information content (AvgIpc) is 2.39. The minimum Gasteiger partial charge on any atom is -1.00 e. The summed E-state index contributed by atoms with van der Waals surface area (Å²) in [6.07, 6.45) is 23.4. The van der Waals surface area contributed by atoms with E-state index in [1.165, 1.54) is 103 Å². The van der Waals surface area contributed by atoms with Gasteiger partial charge in [-0.3, -0.25) is 0 Å². The molecule has 0 bridgehead atoms. The molecule has 2 heteroatoms. The van der Waals surface area contributed by atoms with Gasteiger partial charge in [0.05, 0.1) is 0 Å². The monoisotopic (exact) mass is 356 g/mol. The van der Waals surface area contributed by atoms with E-state index in [0.717, 1.165) is 0 Å². The molecule has 0 saturated heterocycles. The van der Waals surface area contributed by atoms with Crippen LogP contribution in [0.2, 0.25) is 0 Å². The molecule has 0 radical (unpaired) electrons. The zero-order valence-electron chi connectivity index (χ0n) is 14.7. The van der Waals surface area contributed by atoms with Gasteiger partial charge in [-0.2, -0.15) is 0 Å². The Labute approximate surface area is 162 Å². The molecule has 0 aromatic carbocycles. The normalized spacial score (nSPS) is 9.90. The van der Waals surface area contributed by atoms with Gasteiger partial charge in [0.1, 0.15) is 0 Å². The molecule has 0 atom stereocenters. The van der Waals surface area contributed by atoms with E-state index in [1.807, 2.05) is 0 Å². The third-order valence-electron chi connectivity index (χ3n) is 3.96. The first-order valence-electron chi connectivity index (χ1n) is 8.91. The minimum atomic E-state index is 0. The summed E-state index contributed by atoms with van der Waals surface area (Å²) in [6.45, 7) is 4.59. The van der Waals surface area contributed by atoms with Gasteiger partial charge in [0.2, 0.25) is 0 Å². The molecule has 0 aromatic heterocycles. The first-order chi connectivity index (χ1) is 8.91. The van der Waals surface area contributed by atoms with Crippen LogP contribution in [0.4, 0.5) is 0 Å². The molecule has 0 rings (SSSR count). The van der Waals surface area contributed by atoms with Crippen molar-refractivity contribution >= 4 is 0 Å². The van der Waals surface area contributed by atoms with Crippen molar-refractivity contribution in [3.63, 3.8) is 0 Å². The fourth-order valence-corrected chi connectivity index (χ4v) is 2.62. The third kappa shape index (κ3) is 24.5. The van der Waals surface area contributed by atoms with Crippen LogP contribution in [0.3, 0.4) is 0 Å². The van der Waals surface area contributed by atoms with Crippen molar-refractivity contribution < 1.29 is 46.5 Å².